The van der Waals surface area contributed by atoms with Gasteiger partial charge in [0.05, 0.1) is 23.1 Å². The van der Waals surface area contributed by atoms with Gasteiger partial charge in [0.1, 0.15) is 11.4 Å². The second-order valence-corrected chi connectivity index (χ2v) is 11.7. The van der Waals surface area contributed by atoms with Gasteiger partial charge in [-0.2, -0.15) is 0 Å². The fourth-order valence-electron chi connectivity index (χ4n) is 4.85. The normalized spacial score (nSPS) is 11.5. The van der Waals surface area contributed by atoms with Crippen molar-refractivity contribution in [2.45, 2.75) is 78.9 Å². The number of carbonyl (C=O) groups excluding carboxylic acids is 2. The van der Waals surface area contributed by atoms with Crippen LogP contribution in [0.5, 0.6) is 0 Å². The first kappa shape index (κ1) is 30.8. The molecule has 0 atom stereocenters. The minimum atomic E-state index is -0.562. The molecule has 42 heavy (non-hydrogen) atoms. The van der Waals surface area contributed by atoms with Crippen molar-refractivity contribution in [3.8, 4) is 11.1 Å². The maximum atomic E-state index is 12.9. The number of aromatic nitrogens is 2. The number of nitrogens with zero attached hydrogens (tertiary/aromatic N) is 2. The highest BCUT2D eigenvalue weighted by molar-refractivity contribution is 5.97. The summed E-state index contributed by atoms with van der Waals surface area (Å²) >= 11 is 0. The molecule has 0 unspecified atom stereocenters. The van der Waals surface area contributed by atoms with Crippen LogP contribution in [-0.4, -0.2) is 40.1 Å². The molecular formula is C35H44N4O3. The fraction of sp³-hybridized carbons (Fsp3) is 0.400. The molecule has 0 bridgehead atoms. The second-order valence-electron chi connectivity index (χ2n) is 11.7. The lowest BCUT2D eigenvalue weighted by atomic mass is 9.98. The Morgan fingerprint density at radius 3 is 2.38 bits per heavy atom. The van der Waals surface area contributed by atoms with E-state index in [2.05, 4.69) is 59.4 Å². The Kier molecular flexibility index (Phi) is 10.4. The zero-order chi connectivity index (χ0) is 30.1. The summed E-state index contributed by atoms with van der Waals surface area (Å²) in [6.45, 7) is 11.5. The monoisotopic (exact) mass is 568 g/mol. The average molecular weight is 569 g/mol. The lowest BCUT2D eigenvalue weighted by Crippen LogP contribution is -2.30. The molecule has 0 saturated carbocycles. The molecule has 1 aromatic heterocycles. The number of aryl methyl sites for hydroxylation is 1. The van der Waals surface area contributed by atoms with E-state index >= 15 is 0 Å². The van der Waals surface area contributed by atoms with Crippen molar-refractivity contribution in [3.63, 3.8) is 0 Å². The number of imidazole rings is 1. The molecule has 0 aliphatic heterocycles. The standard InChI is InChI=1S/C35H44N4O3/c1-6-8-14-32-38-30-20-19-27(37-23-33(40)36-21-9-7-2)22-31(30)39(32)24-25-15-17-26(18-16-25)28-12-10-11-13-29(28)34(41)42-35(3,4)5/h10-13,15-20,22,37H,6-9,14,21,23-24H2,1-5H3,(H,36,40). The molecule has 2 N–H and O–H groups in total. The summed E-state index contributed by atoms with van der Waals surface area (Å²) < 4.78 is 7.93. The molecule has 0 radical (unpaired) electrons. The Labute approximate surface area is 249 Å². The van der Waals surface area contributed by atoms with Gasteiger partial charge in [-0.15, -0.1) is 0 Å². The van der Waals surface area contributed by atoms with Crippen LogP contribution in [0.25, 0.3) is 22.2 Å². The van der Waals surface area contributed by atoms with Crippen molar-refractivity contribution in [2.75, 3.05) is 18.4 Å². The Bertz CT molecular complexity index is 1500. The number of rotatable bonds is 13. The van der Waals surface area contributed by atoms with Crippen molar-refractivity contribution in [2.24, 2.45) is 0 Å². The number of hydrogen-bond donors (Lipinski definition) is 2. The Morgan fingerprint density at radius 1 is 0.929 bits per heavy atom. The molecule has 0 aliphatic rings. The number of amides is 1. The summed E-state index contributed by atoms with van der Waals surface area (Å²) in [7, 11) is 0. The Hall–Kier alpha value is -4.13. The average Bonchev–Trinajstić information content (AvgIpc) is 3.30. The predicted molar refractivity (Wildman–Crippen MR) is 171 cm³/mol. The number of hydrogen-bond acceptors (Lipinski definition) is 5. The van der Waals surface area contributed by atoms with Crippen molar-refractivity contribution in [3.05, 3.63) is 83.7 Å². The minimum absolute atomic E-state index is 0.00554. The van der Waals surface area contributed by atoms with Crippen molar-refractivity contribution in [1.29, 1.82) is 0 Å². The molecule has 1 heterocycles. The smallest absolute Gasteiger partial charge is 0.339 e. The van der Waals surface area contributed by atoms with Gasteiger partial charge in [-0.05, 0) is 74.6 Å². The molecule has 0 aliphatic carbocycles. The quantitative estimate of drug-likeness (QED) is 0.130. The lowest BCUT2D eigenvalue weighted by Gasteiger charge is -2.20. The highest BCUT2D eigenvalue weighted by Crippen LogP contribution is 2.28. The molecular weight excluding hydrogens is 524 g/mol. The number of unbranched alkanes of at least 4 members (excludes halogenated alkanes) is 2. The number of ether oxygens (including phenoxy) is 1. The van der Waals surface area contributed by atoms with Crippen molar-refractivity contribution >= 4 is 28.6 Å². The SMILES string of the molecule is CCCCNC(=O)CNc1ccc2nc(CCCC)n(Cc3ccc(-c4ccccc4C(=O)OC(C)(C)C)cc3)c2c1. The number of carbonyl (C=O) groups is 2. The van der Waals surface area contributed by atoms with E-state index in [-0.39, 0.29) is 18.4 Å². The summed E-state index contributed by atoms with van der Waals surface area (Å²) in [6, 6.07) is 22.0. The van der Waals surface area contributed by atoms with Crippen molar-refractivity contribution < 1.29 is 14.3 Å². The van der Waals surface area contributed by atoms with Gasteiger partial charge in [0.2, 0.25) is 5.91 Å². The molecule has 4 rings (SSSR count). The van der Waals surface area contributed by atoms with Gasteiger partial charge in [0.15, 0.2) is 0 Å². The third-order valence-corrected chi connectivity index (χ3v) is 7.04. The van der Waals surface area contributed by atoms with Gasteiger partial charge in [-0.25, -0.2) is 9.78 Å². The molecule has 0 saturated heterocycles. The first-order chi connectivity index (χ1) is 20.2. The van der Waals surface area contributed by atoms with E-state index in [4.69, 9.17) is 9.72 Å². The van der Waals surface area contributed by atoms with E-state index in [1.807, 2.05) is 57.2 Å². The Balaban J connectivity index is 1.57. The van der Waals surface area contributed by atoms with Crippen LogP contribution in [-0.2, 0) is 22.5 Å². The third kappa shape index (κ3) is 8.21. The van der Waals surface area contributed by atoms with Crippen LogP contribution in [0.15, 0.2) is 66.7 Å². The van der Waals surface area contributed by atoms with Crippen LogP contribution in [0.2, 0.25) is 0 Å². The maximum absolute atomic E-state index is 12.9. The number of anilines is 1. The largest absolute Gasteiger partial charge is 0.456 e. The van der Waals surface area contributed by atoms with Gasteiger partial charge in [-0.1, -0.05) is 69.2 Å². The summed E-state index contributed by atoms with van der Waals surface area (Å²) in [5, 5.41) is 6.22. The lowest BCUT2D eigenvalue weighted by molar-refractivity contribution is -0.119. The van der Waals surface area contributed by atoms with E-state index in [1.165, 1.54) is 0 Å². The summed E-state index contributed by atoms with van der Waals surface area (Å²) in [4.78, 5) is 30.1. The molecule has 7 nitrogen and oxygen atoms in total. The van der Waals surface area contributed by atoms with Crippen LogP contribution in [0.4, 0.5) is 5.69 Å². The van der Waals surface area contributed by atoms with Gasteiger partial charge in [0, 0.05) is 25.2 Å². The van der Waals surface area contributed by atoms with E-state index < -0.39 is 5.60 Å². The summed E-state index contributed by atoms with van der Waals surface area (Å²) in [6.07, 6.45) is 5.09. The van der Waals surface area contributed by atoms with E-state index in [9.17, 15) is 9.59 Å². The summed E-state index contributed by atoms with van der Waals surface area (Å²) in [5.74, 6) is 0.727. The topological polar surface area (TPSA) is 85.3 Å². The number of esters is 1. The zero-order valence-electron chi connectivity index (χ0n) is 25.6. The van der Waals surface area contributed by atoms with Crippen LogP contribution >= 0.6 is 0 Å². The predicted octanol–water partition coefficient (Wildman–Crippen LogP) is 7.38. The maximum Gasteiger partial charge on any atom is 0.339 e. The summed E-state index contributed by atoms with van der Waals surface area (Å²) in [5.41, 5.74) is 5.83. The van der Waals surface area contributed by atoms with E-state index in [0.717, 1.165) is 71.3 Å². The van der Waals surface area contributed by atoms with Gasteiger partial charge >= 0.3 is 5.97 Å². The number of benzene rings is 3. The fourth-order valence-corrected chi connectivity index (χ4v) is 4.85. The highest BCUT2D eigenvalue weighted by atomic mass is 16.6. The van der Waals surface area contributed by atoms with Crippen molar-refractivity contribution in [1.82, 2.24) is 14.9 Å². The molecule has 222 valence electrons. The van der Waals surface area contributed by atoms with Crippen LogP contribution < -0.4 is 10.6 Å². The zero-order valence-corrected chi connectivity index (χ0v) is 25.6. The Morgan fingerprint density at radius 2 is 1.67 bits per heavy atom. The van der Waals surface area contributed by atoms with E-state index in [0.29, 0.717) is 18.7 Å². The molecule has 7 heteroatoms. The molecule has 0 spiro atoms. The first-order valence-corrected chi connectivity index (χ1v) is 15.1. The number of fused-ring (bicyclic) bond motifs is 1. The molecule has 4 aromatic rings. The molecule has 1 amide bonds. The second kappa shape index (κ2) is 14.2. The van der Waals surface area contributed by atoms with Gasteiger partial charge in [0.25, 0.3) is 0 Å². The minimum Gasteiger partial charge on any atom is -0.456 e. The van der Waals surface area contributed by atoms with Gasteiger partial charge in [-0.3, -0.25) is 4.79 Å². The first-order valence-electron chi connectivity index (χ1n) is 15.1. The molecule has 3 aromatic carbocycles. The highest BCUT2D eigenvalue weighted by Gasteiger charge is 2.21. The van der Waals surface area contributed by atoms with Crippen LogP contribution in [0.3, 0.4) is 0 Å². The molecule has 0 fully saturated rings. The number of nitrogens with one attached hydrogen (secondary N) is 2. The van der Waals surface area contributed by atoms with E-state index in [1.54, 1.807) is 0 Å². The van der Waals surface area contributed by atoms with Crippen LogP contribution in [0.1, 0.15) is 82.0 Å². The van der Waals surface area contributed by atoms with Gasteiger partial charge < -0.3 is 19.9 Å². The van der Waals surface area contributed by atoms with Crippen LogP contribution in [0, 0.1) is 0 Å². The third-order valence-electron chi connectivity index (χ3n) is 7.04.